The van der Waals surface area contributed by atoms with E-state index < -0.39 is 6.04 Å². The molecule has 1 aliphatic rings. The molecule has 3 rings (SSSR count). The Morgan fingerprint density at radius 3 is 2.35 bits per heavy atom. The number of carbonyl (C=O) groups excluding carboxylic acids is 2. The SMILES string of the molecule is CCC(C(=O)NC1CCCC1)N(Cc1c(Cl)cccc1Cl)C(=O)CSCc1ccc(OC)cc1. The third kappa shape index (κ3) is 7.30. The van der Waals surface area contributed by atoms with Crippen molar-refractivity contribution in [2.45, 2.75) is 63.4 Å². The van der Waals surface area contributed by atoms with Crippen LogP contribution in [-0.2, 0) is 21.9 Å². The zero-order chi connectivity index (χ0) is 24.5. The van der Waals surface area contributed by atoms with E-state index in [9.17, 15) is 9.59 Å². The van der Waals surface area contributed by atoms with Gasteiger partial charge in [0.05, 0.1) is 12.9 Å². The molecule has 2 aromatic rings. The average molecular weight is 524 g/mol. The lowest BCUT2D eigenvalue weighted by atomic mass is 10.1. The van der Waals surface area contributed by atoms with Crippen molar-refractivity contribution in [2.24, 2.45) is 0 Å². The fourth-order valence-electron chi connectivity index (χ4n) is 4.20. The largest absolute Gasteiger partial charge is 0.497 e. The van der Waals surface area contributed by atoms with E-state index in [1.165, 1.54) is 11.8 Å². The number of methoxy groups -OCH3 is 1. The lowest BCUT2D eigenvalue weighted by Crippen LogP contribution is -2.51. The number of rotatable bonds is 11. The van der Waals surface area contributed by atoms with Gasteiger partial charge in [-0.2, -0.15) is 0 Å². The van der Waals surface area contributed by atoms with Crippen molar-refractivity contribution in [3.05, 3.63) is 63.6 Å². The van der Waals surface area contributed by atoms with Crippen LogP contribution in [0.3, 0.4) is 0 Å². The number of nitrogens with one attached hydrogen (secondary N) is 1. The normalized spacial score (nSPS) is 14.6. The summed E-state index contributed by atoms with van der Waals surface area (Å²) < 4.78 is 5.20. The summed E-state index contributed by atoms with van der Waals surface area (Å²) >= 11 is 14.3. The molecular formula is C26H32Cl2N2O3S. The van der Waals surface area contributed by atoms with Gasteiger partial charge in [0.25, 0.3) is 0 Å². The lowest BCUT2D eigenvalue weighted by molar-refractivity contribution is -0.139. The minimum Gasteiger partial charge on any atom is -0.497 e. The summed E-state index contributed by atoms with van der Waals surface area (Å²) in [6.45, 7) is 2.12. The first-order chi connectivity index (χ1) is 16.4. The summed E-state index contributed by atoms with van der Waals surface area (Å²) in [5.41, 5.74) is 1.76. The Kier molecular flexibility index (Phi) is 10.4. The third-order valence-electron chi connectivity index (χ3n) is 6.13. The monoisotopic (exact) mass is 522 g/mol. The second-order valence-electron chi connectivity index (χ2n) is 8.48. The number of benzene rings is 2. The number of nitrogens with zero attached hydrogens (tertiary/aromatic N) is 1. The van der Waals surface area contributed by atoms with Gasteiger partial charge in [-0.1, -0.05) is 61.2 Å². The predicted molar refractivity (Wildman–Crippen MR) is 141 cm³/mol. The quantitative estimate of drug-likeness (QED) is 0.387. The molecule has 0 aliphatic heterocycles. The first-order valence-corrected chi connectivity index (χ1v) is 13.6. The van der Waals surface area contributed by atoms with Crippen LogP contribution < -0.4 is 10.1 Å². The molecule has 0 radical (unpaired) electrons. The summed E-state index contributed by atoms with van der Waals surface area (Å²) in [4.78, 5) is 28.3. The summed E-state index contributed by atoms with van der Waals surface area (Å²) in [7, 11) is 1.63. The maximum Gasteiger partial charge on any atom is 0.243 e. The van der Waals surface area contributed by atoms with Crippen LogP contribution in [0.25, 0.3) is 0 Å². The fraction of sp³-hybridized carbons (Fsp3) is 0.462. The topological polar surface area (TPSA) is 58.6 Å². The molecule has 0 bridgehead atoms. The van der Waals surface area contributed by atoms with Gasteiger partial charge in [0.15, 0.2) is 0 Å². The van der Waals surface area contributed by atoms with Crippen molar-refractivity contribution in [2.75, 3.05) is 12.9 Å². The van der Waals surface area contributed by atoms with Gasteiger partial charge in [0, 0.05) is 33.9 Å². The molecule has 0 spiro atoms. The molecule has 1 N–H and O–H groups in total. The van der Waals surface area contributed by atoms with E-state index in [2.05, 4.69) is 5.32 Å². The van der Waals surface area contributed by atoms with Crippen molar-refractivity contribution < 1.29 is 14.3 Å². The van der Waals surface area contributed by atoms with E-state index in [0.29, 0.717) is 27.8 Å². The minimum atomic E-state index is -0.581. The zero-order valence-corrected chi connectivity index (χ0v) is 22.0. The molecule has 5 nitrogen and oxygen atoms in total. The number of amides is 2. The van der Waals surface area contributed by atoms with E-state index in [-0.39, 0.29) is 30.2 Å². The minimum absolute atomic E-state index is 0.105. The second kappa shape index (κ2) is 13.3. The van der Waals surface area contributed by atoms with Crippen LogP contribution in [0.5, 0.6) is 5.75 Å². The molecule has 0 heterocycles. The Bertz CT molecular complexity index is 945. The molecule has 34 heavy (non-hydrogen) atoms. The van der Waals surface area contributed by atoms with Gasteiger partial charge in [-0.15, -0.1) is 11.8 Å². The van der Waals surface area contributed by atoms with Crippen LogP contribution in [0.1, 0.15) is 50.2 Å². The Labute approximate surface area is 216 Å². The highest BCUT2D eigenvalue weighted by Gasteiger charge is 2.31. The summed E-state index contributed by atoms with van der Waals surface area (Å²) in [5, 5.41) is 4.13. The van der Waals surface area contributed by atoms with Crippen LogP contribution >= 0.6 is 35.0 Å². The van der Waals surface area contributed by atoms with Crippen LogP contribution in [0.15, 0.2) is 42.5 Å². The molecule has 1 atom stereocenters. The first kappa shape index (κ1) is 26.7. The first-order valence-electron chi connectivity index (χ1n) is 11.7. The zero-order valence-electron chi connectivity index (χ0n) is 19.7. The standard InChI is InChI=1S/C26H32Cl2N2O3S/c1-3-24(26(32)29-19-7-4-5-8-19)30(15-21-22(27)9-6-10-23(21)28)25(31)17-34-16-18-11-13-20(33-2)14-12-18/h6,9-14,19,24H,3-5,7-8,15-17H2,1-2H3,(H,29,32). The molecule has 8 heteroatoms. The van der Waals surface area contributed by atoms with Gasteiger partial charge in [0.2, 0.25) is 11.8 Å². The van der Waals surface area contributed by atoms with Crippen molar-refractivity contribution in [3.63, 3.8) is 0 Å². The number of thioether (sulfide) groups is 1. The Hall–Kier alpha value is -1.89. The van der Waals surface area contributed by atoms with Crippen molar-refractivity contribution >= 4 is 46.8 Å². The summed E-state index contributed by atoms with van der Waals surface area (Å²) in [6.07, 6.45) is 4.74. The molecule has 184 valence electrons. The second-order valence-corrected chi connectivity index (χ2v) is 10.3. The molecule has 1 unspecified atom stereocenters. The van der Waals surface area contributed by atoms with Gasteiger partial charge in [0.1, 0.15) is 11.8 Å². The number of ether oxygens (including phenoxy) is 1. The maximum atomic E-state index is 13.4. The molecule has 2 amide bonds. The van der Waals surface area contributed by atoms with Crippen LogP contribution in [0.4, 0.5) is 0 Å². The van der Waals surface area contributed by atoms with Crippen molar-refractivity contribution in [1.82, 2.24) is 10.2 Å². The summed E-state index contributed by atoms with van der Waals surface area (Å²) in [6, 6.07) is 12.7. The maximum absolute atomic E-state index is 13.4. The number of carbonyl (C=O) groups is 2. The number of hydrogen-bond acceptors (Lipinski definition) is 4. The fourth-order valence-corrected chi connectivity index (χ4v) is 5.59. The highest BCUT2D eigenvalue weighted by Crippen LogP contribution is 2.28. The molecule has 1 aliphatic carbocycles. The smallest absolute Gasteiger partial charge is 0.243 e. The average Bonchev–Trinajstić information content (AvgIpc) is 3.34. The van der Waals surface area contributed by atoms with Crippen LogP contribution in [-0.4, -0.2) is 41.7 Å². The molecule has 0 saturated heterocycles. The molecule has 1 saturated carbocycles. The van der Waals surface area contributed by atoms with Gasteiger partial charge in [-0.25, -0.2) is 0 Å². The molecule has 1 fully saturated rings. The Balaban J connectivity index is 1.73. The van der Waals surface area contributed by atoms with Crippen molar-refractivity contribution in [3.8, 4) is 5.75 Å². The molecular weight excluding hydrogens is 491 g/mol. The highest BCUT2D eigenvalue weighted by molar-refractivity contribution is 7.99. The highest BCUT2D eigenvalue weighted by atomic mass is 35.5. The number of halogens is 2. The Morgan fingerprint density at radius 2 is 1.76 bits per heavy atom. The van der Waals surface area contributed by atoms with E-state index >= 15 is 0 Å². The van der Waals surface area contributed by atoms with Crippen molar-refractivity contribution in [1.29, 1.82) is 0 Å². The van der Waals surface area contributed by atoms with Gasteiger partial charge in [-0.05, 0) is 49.1 Å². The van der Waals surface area contributed by atoms with Gasteiger partial charge < -0.3 is 15.0 Å². The van der Waals surface area contributed by atoms with E-state index in [1.54, 1.807) is 30.2 Å². The molecule has 0 aromatic heterocycles. The Morgan fingerprint density at radius 1 is 1.12 bits per heavy atom. The predicted octanol–water partition coefficient (Wildman–Crippen LogP) is 6.10. The summed E-state index contributed by atoms with van der Waals surface area (Å²) in [5.74, 6) is 1.52. The van der Waals surface area contributed by atoms with E-state index in [0.717, 1.165) is 37.0 Å². The van der Waals surface area contributed by atoms with Crippen LogP contribution in [0, 0.1) is 0 Å². The number of hydrogen-bond donors (Lipinski definition) is 1. The van der Waals surface area contributed by atoms with E-state index in [1.807, 2.05) is 31.2 Å². The van der Waals surface area contributed by atoms with Gasteiger partial charge >= 0.3 is 0 Å². The lowest BCUT2D eigenvalue weighted by Gasteiger charge is -2.32. The van der Waals surface area contributed by atoms with Crippen LogP contribution in [0.2, 0.25) is 10.0 Å². The molecule has 2 aromatic carbocycles. The third-order valence-corrected chi connectivity index (χ3v) is 7.83. The van der Waals surface area contributed by atoms with E-state index in [4.69, 9.17) is 27.9 Å². The van der Waals surface area contributed by atoms with Gasteiger partial charge in [-0.3, -0.25) is 9.59 Å².